The van der Waals surface area contributed by atoms with Crippen molar-refractivity contribution in [3.63, 3.8) is 0 Å². The lowest BCUT2D eigenvalue weighted by atomic mass is 10.1. The molecule has 0 saturated heterocycles. The Morgan fingerprint density at radius 1 is 1.35 bits per heavy atom. The highest BCUT2D eigenvalue weighted by Crippen LogP contribution is 2.26. The van der Waals surface area contributed by atoms with Crippen LogP contribution >= 0.6 is 23.2 Å². The summed E-state index contributed by atoms with van der Waals surface area (Å²) in [5, 5.41) is 1.20. The Balaban J connectivity index is 2.64. The third-order valence-electron chi connectivity index (χ3n) is 2.26. The minimum absolute atomic E-state index is 0.0129. The van der Waals surface area contributed by atoms with E-state index in [4.69, 9.17) is 23.2 Å². The smallest absolute Gasteiger partial charge is 0.311 e. The molecule has 2 aromatic rings. The number of nitrogens with zero attached hydrogens (tertiary/aromatic N) is 2. The number of rotatable bonds is 2. The van der Waals surface area contributed by atoms with Crippen LogP contribution in [0.3, 0.4) is 0 Å². The van der Waals surface area contributed by atoms with Crippen LogP contribution in [0.25, 0.3) is 10.9 Å². The number of benzene rings is 1. The van der Waals surface area contributed by atoms with Crippen molar-refractivity contribution in [2.45, 2.75) is 6.42 Å². The van der Waals surface area contributed by atoms with Gasteiger partial charge in [0.25, 0.3) is 0 Å². The monoisotopic (exact) mass is 270 g/mol. The molecule has 0 amide bonds. The molecule has 0 aliphatic heterocycles. The van der Waals surface area contributed by atoms with Gasteiger partial charge in [-0.05, 0) is 23.7 Å². The summed E-state index contributed by atoms with van der Waals surface area (Å²) in [7, 11) is 1.31. The van der Waals surface area contributed by atoms with Crippen molar-refractivity contribution in [1.29, 1.82) is 0 Å². The number of fused-ring (bicyclic) bond motifs is 1. The van der Waals surface area contributed by atoms with Crippen LogP contribution < -0.4 is 0 Å². The van der Waals surface area contributed by atoms with E-state index in [1.54, 1.807) is 18.2 Å². The van der Waals surface area contributed by atoms with Crippen LogP contribution in [-0.4, -0.2) is 23.0 Å². The zero-order valence-electron chi connectivity index (χ0n) is 8.91. The molecule has 1 heterocycles. The number of esters is 1. The Labute approximate surface area is 108 Å². The highest BCUT2D eigenvalue weighted by Gasteiger charge is 2.13. The summed E-state index contributed by atoms with van der Waals surface area (Å²) >= 11 is 11.9. The summed E-state index contributed by atoms with van der Waals surface area (Å²) in [4.78, 5) is 19.3. The molecule has 0 aliphatic rings. The van der Waals surface area contributed by atoms with Gasteiger partial charge in [0, 0.05) is 5.39 Å². The highest BCUT2D eigenvalue weighted by molar-refractivity contribution is 6.36. The van der Waals surface area contributed by atoms with E-state index in [0.29, 0.717) is 21.6 Å². The number of carbonyl (C=O) groups is 1. The molecule has 0 saturated carbocycles. The summed E-state index contributed by atoms with van der Waals surface area (Å²) in [6, 6.07) is 5.23. The van der Waals surface area contributed by atoms with Gasteiger partial charge in [0.2, 0.25) is 5.28 Å². The highest BCUT2D eigenvalue weighted by atomic mass is 35.5. The maximum absolute atomic E-state index is 11.3. The maximum atomic E-state index is 11.3. The lowest BCUT2D eigenvalue weighted by molar-refractivity contribution is -0.139. The van der Waals surface area contributed by atoms with Gasteiger partial charge < -0.3 is 4.74 Å². The van der Waals surface area contributed by atoms with Gasteiger partial charge in [0.15, 0.2) is 0 Å². The van der Waals surface area contributed by atoms with E-state index in [9.17, 15) is 4.79 Å². The first-order chi connectivity index (χ1) is 8.11. The Hall–Kier alpha value is -1.39. The maximum Gasteiger partial charge on any atom is 0.311 e. The van der Waals surface area contributed by atoms with E-state index in [0.717, 1.165) is 0 Å². The summed E-state index contributed by atoms with van der Waals surface area (Å²) in [5.41, 5.74) is 1.08. The van der Waals surface area contributed by atoms with E-state index in [-0.39, 0.29) is 11.7 Å². The first-order valence-electron chi connectivity index (χ1n) is 4.79. The Morgan fingerprint density at radius 2 is 2.12 bits per heavy atom. The van der Waals surface area contributed by atoms with Crippen LogP contribution in [-0.2, 0) is 16.0 Å². The largest absolute Gasteiger partial charge is 0.469 e. The molecule has 88 valence electrons. The topological polar surface area (TPSA) is 52.1 Å². The zero-order valence-corrected chi connectivity index (χ0v) is 10.4. The molecule has 0 bridgehead atoms. The van der Waals surface area contributed by atoms with Gasteiger partial charge in [-0.15, -0.1) is 0 Å². The molecule has 0 N–H and O–H groups in total. The van der Waals surface area contributed by atoms with Crippen molar-refractivity contribution >= 4 is 40.1 Å². The minimum Gasteiger partial charge on any atom is -0.469 e. The van der Waals surface area contributed by atoms with Crippen molar-refractivity contribution in [1.82, 2.24) is 9.97 Å². The van der Waals surface area contributed by atoms with Gasteiger partial charge >= 0.3 is 5.97 Å². The van der Waals surface area contributed by atoms with E-state index in [1.807, 2.05) is 0 Å². The summed E-state index contributed by atoms with van der Waals surface area (Å²) in [6.45, 7) is 0. The zero-order chi connectivity index (χ0) is 12.4. The molecule has 4 nitrogen and oxygen atoms in total. The normalized spacial score (nSPS) is 10.5. The SMILES string of the molecule is COC(=O)Cc1nc(Cl)nc2cccc(Cl)c12. The van der Waals surface area contributed by atoms with Crippen LogP contribution in [0.4, 0.5) is 0 Å². The van der Waals surface area contributed by atoms with E-state index in [2.05, 4.69) is 14.7 Å². The first kappa shape index (κ1) is 12.1. The summed E-state index contributed by atoms with van der Waals surface area (Å²) < 4.78 is 4.60. The molecule has 0 atom stereocenters. The number of carbonyl (C=O) groups excluding carboxylic acids is 1. The van der Waals surface area contributed by atoms with Gasteiger partial charge in [-0.3, -0.25) is 4.79 Å². The second kappa shape index (κ2) is 4.85. The standard InChI is InChI=1S/C11H8Cl2N2O2/c1-17-9(16)5-8-10-6(12)3-2-4-7(10)14-11(13)15-8/h2-4H,5H2,1H3. The van der Waals surface area contributed by atoms with E-state index in [1.165, 1.54) is 7.11 Å². The van der Waals surface area contributed by atoms with Gasteiger partial charge in [-0.25, -0.2) is 9.97 Å². The molecule has 0 radical (unpaired) electrons. The van der Waals surface area contributed by atoms with Crippen LogP contribution in [0.5, 0.6) is 0 Å². The summed E-state index contributed by atoms with van der Waals surface area (Å²) in [5.74, 6) is -0.402. The molecule has 0 fully saturated rings. The molecular weight excluding hydrogens is 263 g/mol. The fourth-order valence-corrected chi connectivity index (χ4v) is 1.99. The Kier molecular flexibility index (Phi) is 3.45. The molecule has 2 rings (SSSR count). The predicted octanol–water partition coefficient (Wildman–Crippen LogP) is 2.65. The Morgan fingerprint density at radius 3 is 2.82 bits per heavy atom. The van der Waals surface area contributed by atoms with Gasteiger partial charge in [0.1, 0.15) is 0 Å². The van der Waals surface area contributed by atoms with E-state index >= 15 is 0 Å². The second-order valence-electron chi connectivity index (χ2n) is 3.33. The van der Waals surface area contributed by atoms with Crippen LogP contribution in [0.1, 0.15) is 5.69 Å². The minimum atomic E-state index is -0.402. The third-order valence-corrected chi connectivity index (χ3v) is 2.74. The number of aromatic nitrogens is 2. The lowest BCUT2D eigenvalue weighted by Crippen LogP contribution is -2.07. The second-order valence-corrected chi connectivity index (χ2v) is 4.07. The average molecular weight is 271 g/mol. The first-order valence-corrected chi connectivity index (χ1v) is 5.55. The molecule has 0 spiro atoms. The fraction of sp³-hybridized carbons (Fsp3) is 0.182. The molecule has 17 heavy (non-hydrogen) atoms. The molecule has 0 unspecified atom stereocenters. The molecule has 6 heteroatoms. The van der Waals surface area contributed by atoms with Crippen molar-refractivity contribution < 1.29 is 9.53 Å². The molecule has 1 aromatic carbocycles. The van der Waals surface area contributed by atoms with Crippen LogP contribution in [0.15, 0.2) is 18.2 Å². The summed E-state index contributed by atoms with van der Waals surface area (Å²) in [6.07, 6.45) is 0.0129. The predicted molar refractivity (Wildman–Crippen MR) is 65.3 cm³/mol. The van der Waals surface area contributed by atoms with Crippen molar-refractivity contribution in [2.75, 3.05) is 7.11 Å². The Bertz CT molecular complexity index is 587. The lowest BCUT2D eigenvalue weighted by Gasteiger charge is -2.06. The quantitative estimate of drug-likeness (QED) is 0.622. The molecule has 1 aromatic heterocycles. The van der Waals surface area contributed by atoms with Gasteiger partial charge in [0.05, 0.1) is 29.8 Å². The number of ether oxygens (including phenoxy) is 1. The van der Waals surface area contributed by atoms with E-state index < -0.39 is 5.97 Å². The fourth-order valence-electron chi connectivity index (χ4n) is 1.52. The van der Waals surface area contributed by atoms with Crippen LogP contribution in [0.2, 0.25) is 10.3 Å². The van der Waals surface area contributed by atoms with Gasteiger partial charge in [-0.2, -0.15) is 0 Å². The number of halogens is 2. The third kappa shape index (κ3) is 2.48. The molecular formula is C11H8Cl2N2O2. The molecule has 0 aliphatic carbocycles. The average Bonchev–Trinajstić information content (AvgIpc) is 2.28. The van der Waals surface area contributed by atoms with Crippen molar-refractivity contribution in [3.8, 4) is 0 Å². The van der Waals surface area contributed by atoms with Crippen molar-refractivity contribution in [2.24, 2.45) is 0 Å². The van der Waals surface area contributed by atoms with Crippen molar-refractivity contribution in [3.05, 3.63) is 34.2 Å². The van der Waals surface area contributed by atoms with Gasteiger partial charge in [-0.1, -0.05) is 17.7 Å². The number of hydrogen-bond donors (Lipinski definition) is 0. The van der Waals surface area contributed by atoms with Crippen LogP contribution in [0, 0.1) is 0 Å². The number of methoxy groups -OCH3 is 1. The number of hydrogen-bond acceptors (Lipinski definition) is 4.